The Kier molecular flexibility index (Phi) is 1.25. The van der Waals surface area contributed by atoms with Gasteiger partial charge in [0.1, 0.15) is 9.28 Å². The topological polar surface area (TPSA) is 9.23 Å². The zero-order valence-electron chi connectivity index (χ0n) is 3.24. The van der Waals surface area contributed by atoms with Crippen LogP contribution in [0.3, 0.4) is 0 Å². The standard InChI is InChI=1S/C2H8OSi2/c1-2-4-5-3-1/h1-2,4-5H2. The van der Waals surface area contributed by atoms with Crippen LogP contribution < -0.4 is 0 Å². The highest BCUT2D eigenvalue weighted by Gasteiger charge is 1.97. The summed E-state index contributed by atoms with van der Waals surface area (Å²) in [4.78, 5) is 0. The van der Waals surface area contributed by atoms with Crippen LogP contribution >= 0.6 is 0 Å². The van der Waals surface area contributed by atoms with E-state index in [-0.39, 0.29) is 9.28 Å². The van der Waals surface area contributed by atoms with E-state index in [0.717, 1.165) is 6.61 Å². The molecule has 30 valence electrons. The van der Waals surface area contributed by atoms with Crippen LogP contribution in [0.1, 0.15) is 0 Å². The van der Waals surface area contributed by atoms with Crippen LogP contribution in [-0.2, 0) is 4.43 Å². The lowest BCUT2D eigenvalue weighted by atomic mass is 10.9. The van der Waals surface area contributed by atoms with Gasteiger partial charge in [0.05, 0.1) is 0 Å². The maximum atomic E-state index is 5.15. The molecule has 0 radical (unpaired) electrons. The summed E-state index contributed by atoms with van der Waals surface area (Å²) < 4.78 is 5.15. The summed E-state index contributed by atoms with van der Waals surface area (Å²) in [5, 5.41) is 0. The minimum Gasteiger partial charge on any atom is -0.428 e. The quantitative estimate of drug-likeness (QED) is 0.344. The Morgan fingerprint density at radius 3 is 2.80 bits per heavy atom. The molecule has 0 aromatic rings. The van der Waals surface area contributed by atoms with Crippen molar-refractivity contribution in [3.8, 4) is 0 Å². The normalized spacial score (nSPS) is 33.6. The molecule has 0 bridgehead atoms. The van der Waals surface area contributed by atoms with Crippen molar-refractivity contribution >= 4 is 18.3 Å². The van der Waals surface area contributed by atoms with Gasteiger partial charge in [-0.15, -0.1) is 0 Å². The first-order valence-electron chi connectivity index (χ1n) is 2.08. The molecule has 0 aromatic carbocycles. The molecule has 1 rings (SSSR count). The average Bonchev–Trinajstić information content (AvgIpc) is 1.76. The summed E-state index contributed by atoms with van der Waals surface area (Å²) in [6, 6.07) is 1.48. The molecule has 1 saturated heterocycles. The van der Waals surface area contributed by atoms with E-state index in [1.54, 1.807) is 0 Å². The molecule has 0 spiro atoms. The molecule has 0 aromatic heterocycles. The van der Waals surface area contributed by atoms with Gasteiger partial charge in [-0.2, -0.15) is 0 Å². The van der Waals surface area contributed by atoms with Crippen LogP contribution in [0.2, 0.25) is 6.04 Å². The number of hydrogen-bond donors (Lipinski definition) is 0. The third-order valence-corrected chi connectivity index (χ3v) is 5.71. The summed E-state index contributed by atoms with van der Waals surface area (Å²) in [5.74, 6) is 0. The third-order valence-electron chi connectivity index (χ3n) is 0.827. The molecule has 1 aliphatic heterocycles. The van der Waals surface area contributed by atoms with Gasteiger partial charge in [-0.25, -0.2) is 0 Å². The van der Waals surface area contributed by atoms with Crippen LogP contribution in [0.5, 0.6) is 0 Å². The molecule has 0 N–H and O–H groups in total. The van der Waals surface area contributed by atoms with Crippen molar-refractivity contribution in [2.75, 3.05) is 6.61 Å². The first-order valence-corrected chi connectivity index (χ1v) is 7.65. The maximum absolute atomic E-state index is 5.15. The highest BCUT2D eigenvalue weighted by Crippen LogP contribution is 1.86. The zero-order valence-corrected chi connectivity index (χ0v) is 6.07. The Morgan fingerprint density at radius 1 is 1.60 bits per heavy atom. The Hall–Kier alpha value is 0.394. The monoisotopic (exact) mass is 104 g/mol. The minimum absolute atomic E-state index is 0.182. The van der Waals surface area contributed by atoms with Gasteiger partial charge in [-0.05, 0) is 6.04 Å². The lowest BCUT2D eigenvalue weighted by Crippen LogP contribution is -1.90. The molecule has 0 unspecified atom stereocenters. The van der Waals surface area contributed by atoms with E-state index in [4.69, 9.17) is 4.43 Å². The van der Waals surface area contributed by atoms with Crippen LogP contribution in [0.25, 0.3) is 0 Å². The van der Waals surface area contributed by atoms with Crippen molar-refractivity contribution in [1.29, 1.82) is 0 Å². The first kappa shape index (κ1) is 3.58. The second-order valence-electron chi connectivity index (χ2n) is 1.32. The van der Waals surface area contributed by atoms with Crippen LogP contribution in [-0.4, -0.2) is 24.9 Å². The molecule has 0 aliphatic carbocycles. The summed E-state index contributed by atoms with van der Waals surface area (Å²) in [6.07, 6.45) is 0. The fourth-order valence-electron chi connectivity index (χ4n) is 0.510. The molecule has 1 heterocycles. The molecule has 0 saturated carbocycles. The van der Waals surface area contributed by atoms with Crippen molar-refractivity contribution < 1.29 is 4.43 Å². The molecule has 1 nitrogen and oxygen atoms in total. The van der Waals surface area contributed by atoms with Crippen molar-refractivity contribution in [3.05, 3.63) is 0 Å². The van der Waals surface area contributed by atoms with Crippen molar-refractivity contribution in [2.24, 2.45) is 0 Å². The van der Waals surface area contributed by atoms with Gasteiger partial charge in [0.25, 0.3) is 0 Å². The second-order valence-corrected chi connectivity index (χ2v) is 6.90. The third kappa shape index (κ3) is 0.865. The molecule has 3 heteroatoms. The molecule has 1 fully saturated rings. The van der Waals surface area contributed by atoms with E-state index in [0.29, 0.717) is 9.04 Å². The van der Waals surface area contributed by atoms with Crippen LogP contribution in [0.4, 0.5) is 0 Å². The van der Waals surface area contributed by atoms with Gasteiger partial charge in [0, 0.05) is 15.6 Å². The highest BCUT2D eigenvalue weighted by molar-refractivity contribution is 6.98. The zero-order chi connectivity index (χ0) is 3.54. The first-order chi connectivity index (χ1) is 2.50. The molecule has 0 amide bonds. The van der Waals surface area contributed by atoms with Crippen molar-refractivity contribution in [2.45, 2.75) is 6.04 Å². The Bertz CT molecular complexity index is 19.2. The van der Waals surface area contributed by atoms with E-state index in [9.17, 15) is 0 Å². The van der Waals surface area contributed by atoms with Gasteiger partial charge < -0.3 is 4.43 Å². The van der Waals surface area contributed by atoms with Gasteiger partial charge in [0.15, 0.2) is 0 Å². The van der Waals surface area contributed by atoms with Crippen molar-refractivity contribution in [1.82, 2.24) is 0 Å². The lowest BCUT2D eigenvalue weighted by molar-refractivity contribution is 0.383. The SMILES string of the molecule is C1C[SiH2][SiH2]O1. The van der Waals surface area contributed by atoms with Crippen molar-refractivity contribution in [3.63, 3.8) is 0 Å². The molecule has 1 aliphatic rings. The Labute approximate surface area is 36.3 Å². The average molecular weight is 104 g/mol. The summed E-state index contributed by atoms with van der Waals surface area (Å²) in [5.41, 5.74) is 0. The smallest absolute Gasteiger partial charge is 0.143 e. The Balaban J connectivity index is 2.08. The van der Waals surface area contributed by atoms with Crippen LogP contribution in [0, 0.1) is 0 Å². The molecule has 5 heavy (non-hydrogen) atoms. The number of rotatable bonds is 0. The second kappa shape index (κ2) is 1.74. The van der Waals surface area contributed by atoms with E-state index in [1.165, 1.54) is 6.04 Å². The lowest BCUT2D eigenvalue weighted by Gasteiger charge is -1.77. The van der Waals surface area contributed by atoms with Gasteiger partial charge in [-0.1, -0.05) is 0 Å². The van der Waals surface area contributed by atoms with Gasteiger partial charge in [-0.3, -0.25) is 0 Å². The van der Waals surface area contributed by atoms with Gasteiger partial charge >= 0.3 is 0 Å². The molecule has 0 atom stereocenters. The summed E-state index contributed by atoms with van der Waals surface area (Å²) in [7, 11) is 0.642. The van der Waals surface area contributed by atoms with Gasteiger partial charge in [0.2, 0.25) is 0 Å². The van der Waals surface area contributed by atoms with E-state index in [2.05, 4.69) is 0 Å². The van der Waals surface area contributed by atoms with E-state index in [1.807, 2.05) is 0 Å². The summed E-state index contributed by atoms with van der Waals surface area (Å²) >= 11 is 0. The largest absolute Gasteiger partial charge is 0.428 e. The fourth-order valence-corrected chi connectivity index (χ4v) is 4.59. The fraction of sp³-hybridized carbons (Fsp3) is 1.00. The molecular formula is C2H8OSi2. The Morgan fingerprint density at radius 2 is 2.60 bits per heavy atom. The minimum atomic E-state index is 0.182. The molecular weight excluding hydrogens is 96.2 g/mol. The number of hydrogen-bond acceptors (Lipinski definition) is 1. The van der Waals surface area contributed by atoms with Crippen LogP contribution in [0.15, 0.2) is 0 Å². The van der Waals surface area contributed by atoms with E-state index >= 15 is 0 Å². The predicted octanol–water partition coefficient (Wildman–Crippen LogP) is -1.40. The maximum Gasteiger partial charge on any atom is 0.143 e. The van der Waals surface area contributed by atoms with E-state index < -0.39 is 0 Å². The highest BCUT2D eigenvalue weighted by atomic mass is 29.2. The summed E-state index contributed by atoms with van der Waals surface area (Å²) in [6.45, 7) is 1.12. The predicted molar refractivity (Wildman–Crippen MR) is 27.8 cm³/mol.